The summed E-state index contributed by atoms with van der Waals surface area (Å²) in [6.45, 7) is 0. The summed E-state index contributed by atoms with van der Waals surface area (Å²) >= 11 is 5.62. The molecule has 21 heavy (non-hydrogen) atoms. The molecule has 108 valence electrons. The van der Waals surface area contributed by atoms with E-state index in [9.17, 15) is 13.6 Å². The van der Waals surface area contributed by atoms with Crippen molar-refractivity contribution in [3.63, 3.8) is 0 Å². The number of amides is 1. The van der Waals surface area contributed by atoms with Gasteiger partial charge in [-0.3, -0.25) is 4.79 Å². The molecule has 0 fully saturated rings. The Bertz CT molecular complexity index is 926. The Kier molecular flexibility index (Phi) is 3.76. The number of carbonyl (C=O) groups excluding carboxylic acids is 1. The maximum absolute atomic E-state index is 13.8. The first-order valence-electron chi connectivity index (χ1n) is 5.74. The molecule has 1 amide bonds. The molecule has 0 N–H and O–H groups in total. The number of rotatable bonds is 1. The molecule has 8 heteroatoms. The van der Waals surface area contributed by atoms with Gasteiger partial charge in [0.05, 0.1) is 18.9 Å². The molecule has 0 aliphatic rings. The van der Waals surface area contributed by atoms with Gasteiger partial charge < -0.3 is 4.57 Å². The van der Waals surface area contributed by atoms with Gasteiger partial charge in [0.1, 0.15) is 5.82 Å². The van der Waals surface area contributed by atoms with E-state index in [1.54, 1.807) is 19.2 Å². The molecule has 0 spiro atoms. The van der Waals surface area contributed by atoms with E-state index in [-0.39, 0.29) is 5.52 Å². The van der Waals surface area contributed by atoms with Crippen LogP contribution in [0.15, 0.2) is 33.0 Å². The maximum atomic E-state index is 13.8. The van der Waals surface area contributed by atoms with Crippen LogP contribution in [0, 0.1) is 11.6 Å². The van der Waals surface area contributed by atoms with Crippen LogP contribution in [0.2, 0.25) is 0 Å². The summed E-state index contributed by atoms with van der Waals surface area (Å²) in [5, 5.41) is 0. The van der Waals surface area contributed by atoms with E-state index in [1.165, 1.54) is 22.0 Å². The standard InChI is InChI=1S/C13H7BrF2N2OS2/c1-18-11-7(16)4-6(15)5-9(11)21-13(18)17-12(19)8-2-3-10(14)20-8/h2-5H,1H3. The van der Waals surface area contributed by atoms with E-state index >= 15 is 0 Å². The molecule has 0 unspecified atom stereocenters. The molecule has 3 rings (SSSR count). The predicted octanol–water partition coefficient (Wildman–Crippen LogP) is 4.08. The molecular weight excluding hydrogens is 382 g/mol. The SMILES string of the molecule is Cn1c(=NC(=O)c2ccc(Br)s2)sc2cc(F)cc(F)c21. The first-order chi connectivity index (χ1) is 9.95. The topological polar surface area (TPSA) is 34.4 Å². The number of hydrogen-bond acceptors (Lipinski definition) is 3. The van der Waals surface area contributed by atoms with Crippen LogP contribution in [0.25, 0.3) is 10.2 Å². The molecule has 0 saturated heterocycles. The Morgan fingerprint density at radius 1 is 1.29 bits per heavy atom. The highest BCUT2D eigenvalue weighted by Gasteiger charge is 2.12. The van der Waals surface area contributed by atoms with Gasteiger partial charge >= 0.3 is 0 Å². The van der Waals surface area contributed by atoms with Gasteiger partial charge in [-0.05, 0) is 34.1 Å². The van der Waals surface area contributed by atoms with Crippen LogP contribution >= 0.6 is 38.6 Å². The van der Waals surface area contributed by atoms with Crippen molar-refractivity contribution in [2.24, 2.45) is 12.0 Å². The number of nitrogens with zero attached hydrogens (tertiary/aromatic N) is 2. The van der Waals surface area contributed by atoms with Gasteiger partial charge in [-0.1, -0.05) is 11.3 Å². The van der Waals surface area contributed by atoms with E-state index in [0.29, 0.717) is 14.4 Å². The number of fused-ring (bicyclic) bond motifs is 1. The second-order valence-electron chi connectivity index (χ2n) is 4.20. The number of aryl methyl sites for hydroxylation is 1. The average Bonchev–Trinajstić information content (AvgIpc) is 2.94. The average molecular weight is 389 g/mol. The third-order valence-electron chi connectivity index (χ3n) is 2.80. The van der Waals surface area contributed by atoms with Crippen LogP contribution in [0.4, 0.5) is 8.78 Å². The molecule has 3 nitrogen and oxygen atoms in total. The van der Waals surface area contributed by atoms with Crippen LogP contribution in [-0.2, 0) is 7.05 Å². The second-order valence-corrected chi connectivity index (χ2v) is 7.67. The minimum absolute atomic E-state index is 0.236. The van der Waals surface area contributed by atoms with Crippen molar-refractivity contribution >= 4 is 54.7 Å². The summed E-state index contributed by atoms with van der Waals surface area (Å²) in [5.41, 5.74) is 0.236. The van der Waals surface area contributed by atoms with Crippen LogP contribution in [-0.4, -0.2) is 10.5 Å². The van der Waals surface area contributed by atoms with Crippen molar-refractivity contribution in [1.29, 1.82) is 0 Å². The highest BCUT2D eigenvalue weighted by molar-refractivity contribution is 9.11. The van der Waals surface area contributed by atoms with Gasteiger partial charge in [-0.15, -0.1) is 11.3 Å². The molecule has 0 atom stereocenters. The summed E-state index contributed by atoms with van der Waals surface area (Å²) in [4.78, 5) is 16.9. The quantitative estimate of drug-likeness (QED) is 0.618. The van der Waals surface area contributed by atoms with Gasteiger partial charge in [0.15, 0.2) is 10.6 Å². The Balaban J connectivity index is 2.16. The van der Waals surface area contributed by atoms with Gasteiger partial charge in [-0.25, -0.2) is 8.78 Å². The van der Waals surface area contributed by atoms with E-state index in [0.717, 1.165) is 21.2 Å². The highest BCUT2D eigenvalue weighted by Crippen LogP contribution is 2.23. The first kappa shape index (κ1) is 14.6. The second kappa shape index (κ2) is 5.43. The normalized spacial score (nSPS) is 12.3. The molecule has 2 heterocycles. The fourth-order valence-corrected chi connectivity index (χ4v) is 4.20. The summed E-state index contributed by atoms with van der Waals surface area (Å²) in [7, 11) is 1.59. The van der Waals surface area contributed by atoms with Crippen molar-refractivity contribution in [2.75, 3.05) is 0 Å². The van der Waals surface area contributed by atoms with Crippen molar-refractivity contribution in [3.8, 4) is 0 Å². The highest BCUT2D eigenvalue weighted by atomic mass is 79.9. The third kappa shape index (κ3) is 2.70. The fourth-order valence-electron chi connectivity index (χ4n) is 1.88. The van der Waals surface area contributed by atoms with Crippen molar-refractivity contribution in [3.05, 3.63) is 49.4 Å². The molecule has 0 aliphatic heterocycles. The lowest BCUT2D eigenvalue weighted by molar-refractivity contribution is 0.100. The molecule has 1 aromatic carbocycles. The van der Waals surface area contributed by atoms with E-state index < -0.39 is 17.5 Å². The minimum Gasteiger partial charge on any atom is -0.317 e. The minimum atomic E-state index is -0.670. The Hall–Kier alpha value is -1.38. The monoisotopic (exact) mass is 388 g/mol. The van der Waals surface area contributed by atoms with Crippen molar-refractivity contribution in [2.45, 2.75) is 0 Å². The first-order valence-corrected chi connectivity index (χ1v) is 8.17. The largest absolute Gasteiger partial charge is 0.317 e. The number of aromatic nitrogens is 1. The zero-order valence-corrected chi connectivity index (χ0v) is 13.8. The number of thiophene rings is 1. The number of benzene rings is 1. The maximum Gasteiger partial charge on any atom is 0.289 e. The molecule has 0 saturated carbocycles. The Morgan fingerprint density at radius 3 is 2.71 bits per heavy atom. The van der Waals surface area contributed by atoms with Crippen LogP contribution in [0.3, 0.4) is 0 Å². The van der Waals surface area contributed by atoms with Crippen LogP contribution in [0.1, 0.15) is 9.67 Å². The third-order valence-corrected chi connectivity index (χ3v) is 5.49. The summed E-state index contributed by atoms with van der Waals surface area (Å²) < 4.78 is 29.7. The van der Waals surface area contributed by atoms with E-state index in [1.807, 2.05) is 0 Å². The van der Waals surface area contributed by atoms with E-state index in [2.05, 4.69) is 20.9 Å². The lowest BCUT2D eigenvalue weighted by Crippen LogP contribution is -2.13. The van der Waals surface area contributed by atoms with Crippen molar-refractivity contribution < 1.29 is 13.6 Å². The smallest absolute Gasteiger partial charge is 0.289 e. The summed E-state index contributed by atoms with van der Waals surface area (Å²) in [6, 6.07) is 5.47. The fraction of sp³-hybridized carbons (Fsp3) is 0.0769. The molecule has 0 aliphatic carbocycles. The van der Waals surface area contributed by atoms with Gasteiger partial charge in [0.25, 0.3) is 5.91 Å². The van der Waals surface area contributed by atoms with Gasteiger partial charge in [-0.2, -0.15) is 4.99 Å². The number of halogens is 3. The van der Waals surface area contributed by atoms with Gasteiger partial charge in [0.2, 0.25) is 0 Å². The Morgan fingerprint density at radius 2 is 2.05 bits per heavy atom. The van der Waals surface area contributed by atoms with Crippen LogP contribution in [0.5, 0.6) is 0 Å². The number of thiazole rings is 1. The van der Waals surface area contributed by atoms with E-state index in [4.69, 9.17) is 0 Å². The van der Waals surface area contributed by atoms with Crippen molar-refractivity contribution in [1.82, 2.24) is 4.57 Å². The van der Waals surface area contributed by atoms with Gasteiger partial charge in [0, 0.05) is 13.1 Å². The molecule has 0 bridgehead atoms. The van der Waals surface area contributed by atoms with Crippen LogP contribution < -0.4 is 4.80 Å². The zero-order valence-electron chi connectivity index (χ0n) is 10.6. The molecule has 0 radical (unpaired) electrons. The predicted molar refractivity (Wildman–Crippen MR) is 82.6 cm³/mol. The zero-order chi connectivity index (χ0) is 15.1. The molecule has 2 aromatic heterocycles. The number of hydrogen-bond donors (Lipinski definition) is 0. The number of carbonyl (C=O) groups is 1. The molecular formula is C13H7BrF2N2OS2. The molecule has 3 aromatic rings. The summed E-state index contributed by atoms with van der Waals surface area (Å²) in [6.07, 6.45) is 0. The lowest BCUT2D eigenvalue weighted by Gasteiger charge is -1.97. The summed E-state index contributed by atoms with van der Waals surface area (Å²) in [5.74, 6) is -1.73. The lowest BCUT2D eigenvalue weighted by atomic mass is 10.3. The Labute approximate surface area is 134 Å².